The van der Waals surface area contributed by atoms with Crippen LogP contribution in [0.2, 0.25) is 0 Å². The van der Waals surface area contributed by atoms with E-state index in [0.29, 0.717) is 54.3 Å². The number of rotatable bonds is 6. The molecule has 1 fully saturated rings. The molecule has 0 saturated carbocycles. The van der Waals surface area contributed by atoms with Crippen LogP contribution in [0.25, 0.3) is 22.3 Å². The van der Waals surface area contributed by atoms with Crippen molar-refractivity contribution < 1.29 is 12.8 Å². The monoisotopic (exact) mass is 473 g/mol. The topological polar surface area (TPSA) is 104 Å². The molecule has 1 aliphatic heterocycles. The number of aromatic nitrogens is 4. The zero-order valence-electron chi connectivity index (χ0n) is 19.2. The van der Waals surface area contributed by atoms with E-state index in [-0.39, 0.29) is 11.7 Å². The first-order chi connectivity index (χ1) is 15.6. The summed E-state index contributed by atoms with van der Waals surface area (Å²) in [5.41, 5.74) is 2.10. The third-order valence-corrected chi connectivity index (χ3v) is 8.02. The van der Waals surface area contributed by atoms with Gasteiger partial charge in [-0.05, 0) is 38.8 Å². The summed E-state index contributed by atoms with van der Waals surface area (Å²) in [4.78, 5) is 19.3. The van der Waals surface area contributed by atoms with Crippen molar-refractivity contribution in [2.24, 2.45) is 0 Å². The van der Waals surface area contributed by atoms with Crippen LogP contribution in [0.3, 0.4) is 0 Å². The van der Waals surface area contributed by atoms with Gasteiger partial charge in [-0.25, -0.2) is 32.1 Å². The van der Waals surface area contributed by atoms with E-state index in [9.17, 15) is 12.8 Å². The molecule has 0 aliphatic carbocycles. The van der Waals surface area contributed by atoms with E-state index in [1.165, 1.54) is 4.31 Å². The van der Waals surface area contributed by atoms with Crippen molar-refractivity contribution in [2.45, 2.75) is 38.0 Å². The Kier molecular flexibility index (Phi) is 6.44. The molecule has 3 heterocycles. The molecule has 176 valence electrons. The fourth-order valence-electron chi connectivity index (χ4n) is 3.74. The van der Waals surface area contributed by atoms with E-state index >= 15 is 0 Å². The second kappa shape index (κ2) is 9.14. The number of hydrogen-bond donors (Lipinski definition) is 1. The molecule has 9 nitrogen and oxygen atoms in total. The van der Waals surface area contributed by atoms with Gasteiger partial charge in [0.1, 0.15) is 11.5 Å². The number of sulfonamides is 1. The fourth-order valence-corrected chi connectivity index (χ4v) is 5.05. The van der Waals surface area contributed by atoms with Gasteiger partial charge in [0.25, 0.3) is 0 Å². The smallest absolute Gasteiger partial charge is 0.223 e. The van der Waals surface area contributed by atoms with Crippen molar-refractivity contribution in [2.75, 3.05) is 37.4 Å². The number of piperidine rings is 1. The molecule has 0 radical (unpaired) electrons. The summed E-state index contributed by atoms with van der Waals surface area (Å²) in [5.74, 6) is 0.482. The molecule has 0 bridgehead atoms. The van der Waals surface area contributed by atoms with Gasteiger partial charge < -0.3 is 10.2 Å². The largest absolute Gasteiger partial charge is 0.361 e. The Hall–Kier alpha value is -2.92. The predicted molar refractivity (Wildman–Crippen MR) is 127 cm³/mol. The van der Waals surface area contributed by atoms with Crippen LogP contribution in [0.5, 0.6) is 0 Å². The third-order valence-electron chi connectivity index (χ3n) is 5.75. The molecular formula is C22H28FN7O2S. The van der Waals surface area contributed by atoms with Gasteiger partial charge in [0.05, 0.1) is 28.7 Å². The number of benzene rings is 1. The van der Waals surface area contributed by atoms with Crippen molar-refractivity contribution in [1.29, 1.82) is 0 Å². The summed E-state index contributed by atoms with van der Waals surface area (Å²) in [6.45, 7) is 4.24. The normalized spacial score (nSPS) is 15.8. The van der Waals surface area contributed by atoms with Crippen molar-refractivity contribution in [3.05, 3.63) is 36.4 Å². The highest BCUT2D eigenvalue weighted by atomic mass is 32.2. The first-order valence-electron chi connectivity index (χ1n) is 10.9. The minimum atomic E-state index is -3.26. The first-order valence-corrected chi connectivity index (χ1v) is 12.4. The fraction of sp³-hybridized carbons (Fsp3) is 0.455. The van der Waals surface area contributed by atoms with E-state index in [1.54, 1.807) is 38.2 Å². The van der Waals surface area contributed by atoms with Gasteiger partial charge in [-0.15, -0.1) is 0 Å². The highest BCUT2D eigenvalue weighted by molar-refractivity contribution is 7.89. The lowest BCUT2D eigenvalue weighted by molar-refractivity contribution is 0.326. The molecule has 1 aliphatic rings. The third kappa shape index (κ3) is 4.88. The quantitative estimate of drug-likeness (QED) is 0.583. The molecule has 2 aromatic heterocycles. The Balaban J connectivity index is 1.53. The number of halogens is 1. The zero-order valence-corrected chi connectivity index (χ0v) is 20.0. The Labute approximate surface area is 193 Å². The Morgan fingerprint density at radius 2 is 1.82 bits per heavy atom. The molecule has 11 heteroatoms. The zero-order chi connectivity index (χ0) is 23.8. The van der Waals surface area contributed by atoms with Gasteiger partial charge in [0, 0.05) is 38.8 Å². The Morgan fingerprint density at radius 3 is 2.48 bits per heavy atom. The summed E-state index contributed by atoms with van der Waals surface area (Å²) >= 11 is 0. The SMILES string of the molecule is CC(C)S(=O)(=O)N1CCC(Nc2ncc(F)c(-c3ccc4ncc(N(C)C)nc4c3)n2)CC1. The summed E-state index contributed by atoms with van der Waals surface area (Å²) in [7, 11) is 0.498. The maximum absolute atomic E-state index is 14.6. The number of nitrogens with one attached hydrogen (secondary N) is 1. The summed E-state index contributed by atoms with van der Waals surface area (Å²) in [6.07, 6.45) is 4.09. The lowest BCUT2D eigenvalue weighted by Crippen LogP contribution is -2.45. The van der Waals surface area contributed by atoms with Crippen LogP contribution in [-0.4, -0.2) is 71.1 Å². The molecule has 33 heavy (non-hydrogen) atoms. The van der Waals surface area contributed by atoms with Gasteiger partial charge in [0.2, 0.25) is 16.0 Å². The molecule has 0 amide bonds. The van der Waals surface area contributed by atoms with Crippen LogP contribution in [0.4, 0.5) is 16.2 Å². The highest BCUT2D eigenvalue weighted by Crippen LogP contribution is 2.26. The van der Waals surface area contributed by atoms with E-state index in [1.807, 2.05) is 19.0 Å². The molecule has 0 spiro atoms. The van der Waals surface area contributed by atoms with Gasteiger partial charge in [0.15, 0.2) is 5.82 Å². The van der Waals surface area contributed by atoms with E-state index in [2.05, 4.69) is 25.3 Å². The molecular weight excluding hydrogens is 445 g/mol. The minimum Gasteiger partial charge on any atom is -0.361 e. The molecule has 1 saturated heterocycles. The van der Waals surface area contributed by atoms with Crippen LogP contribution in [0.15, 0.2) is 30.6 Å². The average molecular weight is 474 g/mol. The van der Waals surface area contributed by atoms with Crippen LogP contribution in [0, 0.1) is 5.82 Å². The van der Waals surface area contributed by atoms with Crippen LogP contribution in [0.1, 0.15) is 26.7 Å². The van der Waals surface area contributed by atoms with Gasteiger partial charge in [-0.1, -0.05) is 6.07 Å². The van der Waals surface area contributed by atoms with Crippen molar-refractivity contribution in [3.8, 4) is 11.3 Å². The standard InChI is InChI=1S/C22H28FN7O2S/c1-14(2)33(31,32)30-9-7-16(8-10-30)26-22-25-12-17(23)21(28-22)15-5-6-18-19(11-15)27-20(13-24-18)29(3)4/h5-6,11-14,16H,7-10H2,1-4H3,(H,25,26,28). The Bertz CT molecular complexity index is 1260. The van der Waals surface area contributed by atoms with Crippen molar-refractivity contribution in [1.82, 2.24) is 24.2 Å². The lowest BCUT2D eigenvalue weighted by Gasteiger charge is -2.32. The molecule has 0 atom stereocenters. The van der Waals surface area contributed by atoms with Gasteiger partial charge in [-0.3, -0.25) is 4.98 Å². The summed E-state index contributed by atoms with van der Waals surface area (Å²) < 4.78 is 40.9. The van der Waals surface area contributed by atoms with E-state index in [0.717, 1.165) is 6.20 Å². The lowest BCUT2D eigenvalue weighted by atomic mass is 10.1. The molecule has 3 aromatic rings. The maximum Gasteiger partial charge on any atom is 0.223 e. The predicted octanol–water partition coefficient (Wildman–Crippen LogP) is 2.91. The highest BCUT2D eigenvalue weighted by Gasteiger charge is 2.30. The second-order valence-electron chi connectivity index (χ2n) is 8.63. The second-order valence-corrected chi connectivity index (χ2v) is 11.1. The average Bonchev–Trinajstić information content (AvgIpc) is 2.79. The summed E-state index contributed by atoms with van der Waals surface area (Å²) in [5, 5.41) is 2.80. The number of nitrogens with zero attached hydrogens (tertiary/aromatic N) is 6. The molecule has 1 aromatic carbocycles. The number of hydrogen-bond acceptors (Lipinski definition) is 8. The van der Waals surface area contributed by atoms with Gasteiger partial charge in [-0.2, -0.15) is 0 Å². The van der Waals surface area contributed by atoms with Crippen molar-refractivity contribution in [3.63, 3.8) is 0 Å². The van der Waals surface area contributed by atoms with Crippen molar-refractivity contribution >= 4 is 32.8 Å². The van der Waals surface area contributed by atoms with Crippen LogP contribution < -0.4 is 10.2 Å². The minimum absolute atomic E-state index is 0.00652. The van der Waals surface area contributed by atoms with E-state index in [4.69, 9.17) is 0 Å². The summed E-state index contributed by atoms with van der Waals surface area (Å²) in [6, 6.07) is 5.32. The number of fused-ring (bicyclic) bond motifs is 1. The first kappa shape index (κ1) is 23.2. The maximum atomic E-state index is 14.6. The van der Waals surface area contributed by atoms with Crippen LogP contribution in [-0.2, 0) is 10.0 Å². The Morgan fingerprint density at radius 1 is 1.09 bits per heavy atom. The molecule has 1 N–H and O–H groups in total. The molecule has 0 unspecified atom stereocenters. The van der Waals surface area contributed by atoms with E-state index < -0.39 is 21.1 Å². The number of anilines is 2. The molecule has 4 rings (SSSR count). The van der Waals surface area contributed by atoms with Crippen LogP contribution >= 0.6 is 0 Å². The van der Waals surface area contributed by atoms with Gasteiger partial charge >= 0.3 is 0 Å².